The SMILES string of the molecule is C1=CCC/C=C\CC1.C1=CCC/C=C\CC1.[2H]C(=O)N=IC([2H])=O.[Ni]. The average molecular weight is 476 g/mol. The molecule has 2 aliphatic carbocycles. The molecule has 0 heterocycles. The molecule has 0 spiro atoms. The molecule has 0 radical (unpaired) electrons. The van der Waals surface area contributed by atoms with Gasteiger partial charge in [0.15, 0.2) is 4.27 Å². The van der Waals surface area contributed by atoms with Crippen LogP contribution < -0.4 is 0 Å². The molecule has 1 amide bonds. The summed E-state index contributed by atoms with van der Waals surface area (Å²) >= 11 is -1.36. The van der Waals surface area contributed by atoms with Gasteiger partial charge in [-0.1, -0.05) is 48.6 Å². The molecule has 23 heavy (non-hydrogen) atoms. The molecule has 3 nitrogen and oxygen atoms in total. The first-order chi connectivity index (χ1) is 11.6. The van der Waals surface area contributed by atoms with E-state index in [9.17, 15) is 9.59 Å². The Balaban J connectivity index is 0. The Morgan fingerprint density at radius 2 is 0.957 bits per heavy atom. The summed E-state index contributed by atoms with van der Waals surface area (Å²) in [4.78, 5) is 19.4. The molecule has 0 N–H and O–H groups in total. The van der Waals surface area contributed by atoms with Crippen molar-refractivity contribution in [1.29, 1.82) is 0 Å². The number of carbonyl (C=O) groups is 2. The molecule has 0 atom stereocenters. The molecular weight excluding hydrogens is 448 g/mol. The minimum Gasteiger partial charge on any atom is -0.290 e. The van der Waals surface area contributed by atoms with Gasteiger partial charge >= 0.3 is 0 Å². The van der Waals surface area contributed by atoms with Crippen molar-refractivity contribution in [1.82, 2.24) is 0 Å². The van der Waals surface area contributed by atoms with Gasteiger partial charge in [0.25, 0.3) is 0 Å². The van der Waals surface area contributed by atoms with Crippen LogP contribution in [-0.4, -0.2) is 10.7 Å². The van der Waals surface area contributed by atoms with E-state index in [0.29, 0.717) is 0 Å². The number of rotatable bonds is 1. The monoisotopic (exact) mass is 475 g/mol. The van der Waals surface area contributed by atoms with Gasteiger partial charge in [-0.3, -0.25) is 9.59 Å². The van der Waals surface area contributed by atoms with Gasteiger partial charge in [0.05, 0.1) is 21.0 Å². The van der Waals surface area contributed by atoms with Crippen molar-refractivity contribution in [3.05, 3.63) is 48.6 Å². The molecule has 0 unspecified atom stereocenters. The van der Waals surface area contributed by atoms with Gasteiger partial charge < -0.3 is 0 Å². The fourth-order valence-corrected chi connectivity index (χ4v) is 1.94. The van der Waals surface area contributed by atoms with E-state index in [1.807, 2.05) is 0 Å². The van der Waals surface area contributed by atoms with E-state index in [1.54, 1.807) is 0 Å². The Labute approximate surface area is 163 Å². The molecule has 0 aliphatic heterocycles. The van der Waals surface area contributed by atoms with Crippen LogP contribution in [0.1, 0.15) is 54.1 Å². The zero-order chi connectivity index (χ0) is 17.9. The standard InChI is InChI=1S/2C8H12.C2H2INO2.Ni/c2*1-2-4-6-8-7-5-3-1;5-1-3-4-2-6;/h2*1-2,7-8H,3-6H2;1-2H;/b2*2-1-,8-7?;;/i;;1D,2D;. The minimum absolute atomic E-state index is 0. The number of allylic oxidation sites excluding steroid dienone is 8. The van der Waals surface area contributed by atoms with Gasteiger partial charge in [-0.05, 0) is 51.4 Å². The molecular formula is C18H26INNiO2. The molecule has 0 fully saturated rings. The maximum absolute atomic E-state index is 9.73. The molecule has 0 saturated carbocycles. The maximum Gasteiger partial charge on any atom is 0.237 e. The third-order valence-electron chi connectivity index (χ3n) is 2.78. The first kappa shape index (κ1) is 20.4. The fraction of sp³-hybridized carbons (Fsp3) is 0.444. The molecule has 2 aliphatic rings. The van der Waals surface area contributed by atoms with E-state index >= 15 is 0 Å². The topological polar surface area (TPSA) is 46.5 Å². The molecule has 0 bridgehead atoms. The van der Waals surface area contributed by atoms with E-state index < -0.39 is 31.7 Å². The number of hydrogen-bond donors (Lipinski definition) is 0. The smallest absolute Gasteiger partial charge is 0.237 e. The van der Waals surface area contributed by atoms with Crippen molar-refractivity contribution >= 4 is 31.7 Å². The number of amides is 1. The van der Waals surface area contributed by atoms with Gasteiger partial charge in [0.1, 0.15) is 2.74 Å². The molecule has 0 saturated heterocycles. The van der Waals surface area contributed by atoms with Crippen molar-refractivity contribution in [3.8, 4) is 0 Å². The minimum atomic E-state index is -1.36. The Kier molecular flexibility index (Phi) is 20.9. The third kappa shape index (κ3) is 23.7. The van der Waals surface area contributed by atoms with Crippen LogP contribution in [0, 0.1) is 0 Å². The summed E-state index contributed by atoms with van der Waals surface area (Å²) in [5.74, 6) is 0. The predicted molar refractivity (Wildman–Crippen MR) is 103 cm³/mol. The second-order valence-corrected chi connectivity index (χ2v) is 5.94. The van der Waals surface area contributed by atoms with Crippen molar-refractivity contribution in [2.75, 3.05) is 0 Å². The first-order valence-electron chi connectivity index (χ1n) is 8.59. The van der Waals surface area contributed by atoms with Crippen LogP contribution in [-0.2, 0) is 26.1 Å². The van der Waals surface area contributed by atoms with Crippen molar-refractivity contribution in [2.24, 2.45) is 3.15 Å². The molecule has 2 rings (SSSR count). The summed E-state index contributed by atoms with van der Waals surface area (Å²) in [6, 6.07) is 0. The van der Waals surface area contributed by atoms with Gasteiger partial charge in [-0.25, -0.2) is 0 Å². The fourth-order valence-electron chi connectivity index (χ4n) is 1.75. The van der Waals surface area contributed by atoms with Gasteiger partial charge in [0, 0.05) is 16.5 Å². The normalized spacial score (nSPS) is 20.5. The molecule has 0 aromatic rings. The van der Waals surface area contributed by atoms with E-state index in [-0.39, 0.29) is 16.5 Å². The number of halogens is 1. The van der Waals surface area contributed by atoms with E-state index in [4.69, 9.17) is 2.74 Å². The zero-order valence-corrected chi connectivity index (χ0v) is 16.4. The number of nitrogens with zero attached hydrogens (tertiary/aromatic N) is 1. The summed E-state index contributed by atoms with van der Waals surface area (Å²) in [6.07, 6.45) is 26.9. The van der Waals surface area contributed by atoms with Crippen LogP contribution in [0.4, 0.5) is 0 Å². The maximum atomic E-state index is 9.73. The zero-order valence-electron chi connectivity index (χ0n) is 15.2. The molecule has 0 aromatic heterocycles. The largest absolute Gasteiger partial charge is 0.290 e. The summed E-state index contributed by atoms with van der Waals surface area (Å²) < 4.78 is 14.5. The first-order valence-corrected chi connectivity index (χ1v) is 9.63. The van der Waals surface area contributed by atoms with Crippen molar-refractivity contribution < 1.29 is 28.8 Å². The number of carbonyl (C=O) groups excluding carboxylic acids is 2. The quantitative estimate of drug-likeness (QED) is 0.157. The van der Waals surface area contributed by atoms with Crippen LogP contribution in [0.3, 0.4) is 0 Å². The Morgan fingerprint density at radius 3 is 1.09 bits per heavy atom. The van der Waals surface area contributed by atoms with Gasteiger partial charge in [-0.2, -0.15) is 3.15 Å². The molecule has 132 valence electrons. The number of hydrogen-bond acceptors (Lipinski definition) is 2. The molecule has 0 aromatic carbocycles. The third-order valence-corrected chi connectivity index (χ3v) is 3.41. The second kappa shape index (κ2) is 23.6. The Bertz CT molecular complexity index is 407. The van der Waals surface area contributed by atoms with Gasteiger partial charge in [0.2, 0.25) is 6.39 Å². The van der Waals surface area contributed by atoms with Crippen LogP contribution in [0.25, 0.3) is 0 Å². The van der Waals surface area contributed by atoms with Gasteiger partial charge in [-0.15, -0.1) is 0 Å². The summed E-state index contributed by atoms with van der Waals surface area (Å²) in [7, 11) is 0. The van der Waals surface area contributed by atoms with Crippen molar-refractivity contribution in [3.63, 3.8) is 0 Å². The van der Waals surface area contributed by atoms with Crippen LogP contribution >= 0.6 is 21.0 Å². The van der Waals surface area contributed by atoms with E-state index in [2.05, 4.69) is 51.8 Å². The van der Waals surface area contributed by atoms with Crippen LogP contribution in [0.5, 0.6) is 0 Å². The van der Waals surface area contributed by atoms with Crippen LogP contribution in [0.15, 0.2) is 51.8 Å². The summed E-state index contributed by atoms with van der Waals surface area (Å²) in [5, 5.41) is 0. The van der Waals surface area contributed by atoms with E-state index in [1.165, 1.54) is 51.4 Å². The second-order valence-electron chi connectivity index (χ2n) is 4.53. The van der Waals surface area contributed by atoms with E-state index in [0.717, 1.165) is 0 Å². The van der Waals surface area contributed by atoms with Crippen molar-refractivity contribution in [2.45, 2.75) is 51.4 Å². The summed E-state index contributed by atoms with van der Waals surface area (Å²) in [5.41, 5.74) is 0. The van der Waals surface area contributed by atoms with Crippen LogP contribution in [0.2, 0.25) is 0 Å². The molecule has 5 heteroatoms. The Morgan fingerprint density at radius 1 is 0.696 bits per heavy atom. The summed E-state index contributed by atoms with van der Waals surface area (Å²) in [6.45, 7) is 0. The average Bonchev–Trinajstić information content (AvgIpc) is 2.45. The predicted octanol–water partition coefficient (Wildman–Crippen LogP) is 5.83. The Hall–Kier alpha value is -0.676.